The highest BCUT2D eigenvalue weighted by Gasteiger charge is 2.14. The Morgan fingerprint density at radius 3 is 2.24 bits per heavy atom. The molecule has 2 aromatic rings. The second-order valence-electron chi connectivity index (χ2n) is 5.73. The molecule has 1 atom stereocenters. The number of rotatable bonds is 7. The topological polar surface area (TPSA) is 95.5 Å². The van der Waals surface area contributed by atoms with Gasteiger partial charge in [0.1, 0.15) is 6.54 Å². The van der Waals surface area contributed by atoms with E-state index in [0.29, 0.717) is 17.7 Å². The van der Waals surface area contributed by atoms with E-state index in [-0.39, 0.29) is 11.8 Å². The maximum absolute atomic E-state index is 12.3. The maximum atomic E-state index is 12.3. The smallest absolute Gasteiger partial charge is 0.322 e. The maximum Gasteiger partial charge on any atom is 0.322 e. The predicted molar refractivity (Wildman–Crippen MR) is 94.4 cm³/mol. The van der Waals surface area contributed by atoms with Crippen molar-refractivity contribution in [2.45, 2.75) is 13.3 Å². The Bertz CT molecular complexity index is 742. The van der Waals surface area contributed by atoms with Crippen molar-refractivity contribution in [1.82, 2.24) is 5.32 Å². The number of carbonyl (C=O) groups is 3. The Hall–Kier alpha value is -3.15. The van der Waals surface area contributed by atoms with E-state index >= 15 is 0 Å². The van der Waals surface area contributed by atoms with Crippen LogP contribution in [0.5, 0.6) is 0 Å². The molecule has 0 heterocycles. The molecule has 130 valence electrons. The van der Waals surface area contributed by atoms with Crippen LogP contribution in [0, 0.1) is 5.92 Å². The van der Waals surface area contributed by atoms with E-state index in [9.17, 15) is 14.4 Å². The Balaban J connectivity index is 1.90. The number of carbonyl (C=O) groups excluding carboxylic acids is 2. The van der Waals surface area contributed by atoms with Crippen molar-refractivity contribution in [1.29, 1.82) is 0 Å². The van der Waals surface area contributed by atoms with Crippen molar-refractivity contribution in [3.8, 4) is 0 Å². The van der Waals surface area contributed by atoms with Crippen LogP contribution < -0.4 is 10.6 Å². The molecule has 0 spiro atoms. The highest BCUT2D eigenvalue weighted by Crippen LogP contribution is 2.14. The molecule has 2 aromatic carbocycles. The zero-order chi connectivity index (χ0) is 18.2. The Kier molecular flexibility index (Phi) is 6.28. The van der Waals surface area contributed by atoms with Crippen molar-refractivity contribution in [3.63, 3.8) is 0 Å². The molecule has 2 rings (SSSR count). The summed E-state index contributed by atoms with van der Waals surface area (Å²) in [5.41, 5.74) is 2.01. The van der Waals surface area contributed by atoms with Crippen LogP contribution in [0.15, 0.2) is 54.6 Å². The van der Waals surface area contributed by atoms with Gasteiger partial charge in [0.05, 0.1) is 0 Å². The second kappa shape index (κ2) is 8.63. The number of aliphatic carboxylic acids is 1. The number of carboxylic acid groups (broad SMARTS) is 1. The number of benzene rings is 2. The molecular formula is C19H20N2O4. The van der Waals surface area contributed by atoms with Gasteiger partial charge >= 0.3 is 5.97 Å². The van der Waals surface area contributed by atoms with Crippen LogP contribution in [-0.4, -0.2) is 29.4 Å². The van der Waals surface area contributed by atoms with Gasteiger partial charge in [-0.25, -0.2) is 0 Å². The third kappa shape index (κ3) is 5.76. The normalized spacial score (nSPS) is 11.4. The average Bonchev–Trinajstić information content (AvgIpc) is 2.61. The van der Waals surface area contributed by atoms with Crippen LogP contribution in [0.4, 0.5) is 5.69 Å². The lowest BCUT2D eigenvalue weighted by molar-refractivity contribution is -0.135. The van der Waals surface area contributed by atoms with Crippen LogP contribution >= 0.6 is 0 Å². The van der Waals surface area contributed by atoms with E-state index < -0.39 is 18.4 Å². The Labute approximate surface area is 145 Å². The van der Waals surface area contributed by atoms with Crippen LogP contribution in [0.25, 0.3) is 0 Å². The molecule has 6 nitrogen and oxygen atoms in total. The monoisotopic (exact) mass is 340 g/mol. The van der Waals surface area contributed by atoms with Crippen LogP contribution in [0.2, 0.25) is 0 Å². The summed E-state index contributed by atoms with van der Waals surface area (Å²) in [5.74, 6) is -1.88. The summed E-state index contributed by atoms with van der Waals surface area (Å²) in [4.78, 5) is 34.4. The molecular weight excluding hydrogens is 320 g/mol. The van der Waals surface area contributed by atoms with Gasteiger partial charge in [-0.15, -0.1) is 0 Å². The van der Waals surface area contributed by atoms with Gasteiger partial charge in [-0.05, 0) is 36.2 Å². The van der Waals surface area contributed by atoms with Crippen molar-refractivity contribution < 1.29 is 19.5 Å². The third-order valence-corrected chi connectivity index (χ3v) is 3.65. The first-order chi connectivity index (χ1) is 12.0. The Morgan fingerprint density at radius 2 is 1.64 bits per heavy atom. The summed E-state index contributed by atoms with van der Waals surface area (Å²) >= 11 is 0. The molecule has 0 saturated heterocycles. The van der Waals surface area contributed by atoms with Crippen molar-refractivity contribution in [3.05, 3.63) is 65.7 Å². The number of hydrogen-bond acceptors (Lipinski definition) is 3. The SMILES string of the molecule is C[C@@H](Cc1ccccc1)C(=O)Nc1ccc(C(=O)NCC(=O)O)cc1. The number of carboxylic acids is 1. The van der Waals surface area contributed by atoms with E-state index in [1.165, 1.54) is 12.1 Å². The quantitative estimate of drug-likeness (QED) is 0.721. The minimum atomic E-state index is -1.11. The second-order valence-corrected chi connectivity index (χ2v) is 5.73. The largest absolute Gasteiger partial charge is 0.480 e. The average molecular weight is 340 g/mol. The van der Waals surface area contributed by atoms with Gasteiger partial charge < -0.3 is 15.7 Å². The van der Waals surface area contributed by atoms with Gasteiger partial charge in [-0.3, -0.25) is 14.4 Å². The van der Waals surface area contributed by atoms with Crippen LogP contribution in [-0.2, 0) is 16.0 Å². The van der Waals surface area contributed by atoms with Crippen LogP contribution in [0.3, 0.4) is 0 Å². The van der Waals surface area contributed by atoms with Gasteiger partial charge in [0.25, 0.3) is 5.91 Å². The number of amides is 2. The highest BCUT2D eigenvalue weighted by atomic mass is 16.4. The minimum absolute atomic E-state index is 0.105. The lowest BCUT2D eigenvalue weighted by Crippen LogP contribution is -2.29. The lowest BCUT2D eigenvalue weighted by atomic mass is 10.0. The van der Waals surface area contributed by atoms with Gasteiger partial charge in [-0.1, -0.05) is 37.3 Å². The molecule has 0 aliphatic rings. The van der Waals surface area contributed by atoms with Gasteiger partial charge in [0.15, 0.2) is 0 Å². The molecule has 0 aromatic heterocycles. The molecule has 0 aliphatic heterocycles. The number of hydrogen-bond donors (Lipinski definition) is 3. The Morgan fingerprint density at radius 1 is 1.00 bits per heavy atom. The van der Waals surface area contributed by atoms with Crippen molar-refractivity contribution in [2.75, 3.05) is 11.9 Å². The van der Waals surface area contributed by atoms with Crippen LogP contribution in [0.1, 0.15) is 22.8 Å². The minimum Gasteiger partial charge on any atom is -0.480 e. The van der Waals surface area contributed by atoms with Crippen molar-refractivity contribution >= 4 is 23.5 Å². The molecule has 25 heavy (non-hydrogen) atoms. The summed E-state index contributed by atoms with van der Waals surface area (Å²) in [5, 5.41) is 13.6. The lowest BCUT2D eigenvalue weighted by Gasteiger charge is -2.12. The van der Waals surface area contributed by atoms with Crippen molar-refractivity contribution in [2.24, 2.45) is 5.92 Å². The predicted octanol–water partition coefficient (Wildman–Crippen LogP) is 2.32. The fourth-order valence-corrected chi connectivity index (χ4v) is 2.29. The fourth-order valence-electron chi connectivity index (χ4n) is 2.29. The highest BCUT2D eigenvalue weighted by molar-refractivity contribution is 5.97. The van der Waals surface area contributed by atoms with Gasteiger partial charge in [0, 0.05) is 17.2 Å². The molecule has 0 saturated carbocycles. The summed E-state index contributed by atoms with van der Waals surface area (Å²) in [6, 6.07) is 16.1. The van der Waals surface area contributed by atoms with Gasteiger partial charge in [0.2, 0.25) is 5.91 Å². The van der Waals surface area contributed by atoms with Gasteiger partial charge in [-0.2, -0.15) is 0 Å². The molecule has 0 fully saturated rings. The van der Waals surface area contributed by atoms with E-state index in [4.69, 9.17) is 5.11 Å². The first-order valence-electron chi connectivity index (χ1n) is 7.90. The first kappa shape index (κ1) is 18.2. The van der Waals surface area contributed by atoms with E-state index in [0.717, 1.165) is 5.56 Å². The third-order valence-electron chi connectivity index (χ3n) is 3.65. The van der Waals surface area contributed by atoms with E-state index in [1.54, 1.807) is 12.1 Å². The molecule has 3 N–H and O–H groups in total. The molecule has 2 amide bonds. The number of nitrogens with one attached hydrogen (secondary N) is 2. The summed E-state index contributed by atoms with van der Waals surface area (Å²) in [6.45, 7) is 1.42. The standard InChI is InChI=1S/C19H20N2O4/c1-13(11-14-5-3-2-4-6-14)18(24)21-16-9-7-15(8-10-16)19(25)20-12-17(22)23/h2-10,13H,11-12H2,1H3,(H,20,25)(H,21,24)(H,22,23)/t13-/m0/s1. The molecule has 0 bridgehead atoms. The summed E-state index contributed by atoms with van der Waals surface area (Å²) in [7, 11) is 0. The number of anilines is 1. The zero-order valence-electron chi connectivity index (χ0n) is 13.9. The first-order valence-corrected chi connectivity index (χ1v) is 7.90. The summed E-state index contributed by atoms with van der Waals surface area (Å²) in [6.07, 6.45) is 0.641. The molecule has 0 radical (unpaired) electrons. The molecule has 0 aliphatic carbocycles. The van der Waals surface area contributed by atoms with E-state index in [2.05, 4.69) is 10.6 Å². The molecule has 6 heteroatoms. The molecule has 0 unspecified atom stereocenters. The summed E-state index contributed by atoms with van der Waals surface area (Å²) < 4.78 is 0. The van der Waals surface area contributed by atoms with E-state index in [1.807, 2.05) is 37.3 Å². The fraction of sp³-hybridized carbons (Fsp3) is 0.211. The zero-order valence-corrected chi connectivity index (χ0v) is 13.9.